The average molecular weight is 385 g/mol. The lowest BCUT2D eigenvalue weighted by molar-refractivity contribution is 0.101. The standard InChI is InChI=1S/C13H15N5O7S/c1-6-5-8(20)9(7(2)19)10(25-6)14-16-26(23,24)11-12(21)17(3)13(22)18(4)15-11/h5,14,16H,1-4H3. The van der Waals surface area contributed by atoms with E-state index in [4.69, 9.17) is 4.42 Å². The molecular formula is C13H15N5O7S. The third-order valence-corrected chi connectivity index (χ3v) is 4.40. The normalized spacial score (nSPS) is 11.4. The minimum Gasteiger partial charge on any atom is -0.444 e. The van der Waals surface area contributed by atoms with Gasteiger partial charge in [0.1, 0.15) is 11.3 Å². The number of carbonyl (C=O) groups excluding carboxylic acids is 1. The number of nitrogens with one attached hydrogen (secondary N) is 2. The van der Waals surface area contributed by atoms with Crippen LogP contribution in [-0.4, -0.2) is 28.5 Å². The molecule has 0 aliphatic carbocycles. The van der Waals surface area contributed by atoms with Gasteiger partial charge in [0.25, 0.3) is 20.6 Å². The molecule has 0 spiro atoms. The number of Topliss-reactive ketones (excluding diaryl/α,β-unsaturated/α-hetero) is 1. The third-order valence-electron chi connectivity index (χ3n) is 3.27. The molecule has 0 atom stereocenters. The molecule has 0 bridgehead atoms. The Bertz CT molecular complexity index is 1170. The SMILES string of the molecule is CC(=O)c1c(NNS(=O)(=O)c2nn(C)c(=O)n(C)c2=O)oc(C)cc1=O. The summed E-state index contributed by atoms with van der Waals surface area (Å²) in [7, 11) is -2.30. The Labute approximate surface area is 146 Å². The van der Waals surface area contributed by atoms with Gasteiger partial charge in [-0.25, -0.2) is 17.9 Å². The minimum atomic E-state index is -4.56. The van der Waals surface area contributed by atoms with Crippen molar-refractivity contribution in [1.29, 1.82) is 0 Å². The fourth-order valence-electron chi connectivity index (χ4n) is 2.03. The Morgan fingerprint density at radius 1 is 1.23 bits per heavy atom. The first kappa shape index (κ1) is 19.3. The van der Waals surface area contributed by atoms with Gasteiger partial charge in [-0.1, -0.05) is 0 Å². The molecule has 0 unspecified atom stereocenters. The summed E-state index contributed by atoms with van der Waals surface area (Å²) in [6.07, 6.45) is 0. The summed E-state index contributed by atoms with van der Waals surface area (Å²) in [6.45, 7) is 2.53. The summed E-state index contributed by atoms with van der Waals surface area (Å²) in [6, 6.07) is 1.07. The number of ketones is 1. The van der Waals surface area contributed by atoms with Crippen molar-refractivity contribution in [1.82, 2.24) is 19.2 Å². The van der Waals surface area contributed by atoms with Crippen LogP contribution in [0.5, 0.6) is 0 Å². The molecule has 0 aliphatic rings. The van der Waals surface area contributed by atoms with Gasteiger partial charge >= 0.3 is 5.69 Å². The molecule has 0 aromatic carbocycles. The van der Waals surface area contributed by atoms with Gasteiger partial charge in [0.2, 0.25) is 5.88 Å². The Morgan fingerprint density at radius 3 is 2.42 bits per heavy atom. The lowest BCUT2D eigenvalue weighted by Crippen LogP contribution is -2.44. The molecule has 26 heavy (non-hydrogen) atoms. The fourth-order valence-corrected chi connectivity index (χ4v) is 2.95. The Balaban J connectivity index is 2.49. The highest BCUT2D eigenvalue weighted by Gasteiger charge is 2.25. The summed E-state index contributed by atoms with van der Waals surface area (Å²) in [5.41, 5.74) is -0.943. The van der Waals surface area contributed by atoms with Crippen LogP contribution in [-0.2, 0) is 24.1 Å². The molecule has 0 saturated carbocycles. The molecule has 13 heteroatoms. The van der Waals surface area contributed by atoms with Crippen molar-refractivity contribution in [3.63, 3.8) is 0 Å². The molecule has 0 radical (unpaired) electrons. The van der Waals surface area contributed by atoms with E-state index in [1.807, 2.05) is 0 Å². The maximum absolute atomic E-state index is 12.3. The van der Waals surface area contributed by atoms with E-state index in [0.717, 1.165) is 20.0 Å². The van der Waals surface area contributed by atoms with Crippen LogP contribution < -0.4 is 26.9 Å². The molecule has 12 nitrogen and oxygen atoms in total. The number of hydrogen-bond acceptors (Lipinski definition) is 9. The first-order valence-electron chi connectivity index (χ1n) is 7.03. The van der Waals surface area contributed by atoms with E-state index in [-0.39, 0.29) is 5.76 Å². The lowest BCUT2D eigenvalue weighted by atomic mass is 10.2. The number of nitrogens with zero attached hydrogens (tertiary/aromatic N) is 3. The van der Waals surface area contributed by atoms with Crippen LogP contribution in [0.4, 0.5) is 5.88 Å². The molecule has 2 aromatic heterocycles. The smallest absolute Gasteiger partial charge is 0.346 e. The predicted molar refractivity (Wildman–Crippen MR) is 88.4 cm³/mol. The zero-order valence-electron chi connectivity index (χ0n) is 14.2. The highest BCUT2D eigenvalue weighted by molar-refractivity contribution is 7.89. The van der Waals surface area contributed by atoms with E-state index < -0.39 is 49.0 Å². The monoisotopic (exact) mass is 385 g/mol. The summed E-state index contributed by atoms with van der Waals surface area (Å²) in [4.78, 5) is 48.9. The van der Waals surface area contributed by atoms with Gasteiger partial charge in [0.15, 0.2) is 11.2 Å². The topological polar surface area (TPSA) is 162 Å². The molecule has 2 rings (SSSR count). The molecular weight excluding hydrogens is 370 g/mol. The number of hydrogen-bond donors (Lipinski definition) is 2. The molecule has 2 heterocycles. The summed E-state index contributed by atoms with van der Waals surface area (Å²) in [5, 5.41) is 2.47. The second-order valence-corrected chi connectivity index (χ2v) is 6.89. The highest BCUT2D eigenvalue weighted by atomic mass is 32.2. The van der Waals surface area contributed by atoms with E-state index in [1.54, 1.807) is 4.83 Å². The minimum absolute atomic E-state index is 0.123. The Kier molecular flexibility index (Phi) is 4.95. The number of anilines is 1. The quantitative estimate of drug-likeness (QED) is 0.449. The predicted octanol–water partition coefficient (Wildman–Crippen LogP) is -1.75. The molecule has 0 aliphatic heterocycles. The lowest BCUT2D eigenvalue weighted by Gasteiger charge is -2.11. The van der Waals surface area contributed by atoms with Gasteiger partial charge < -0.3 is 4.42 Å². The zero-order chi connectivity index (χ0) is 19.8. The summed E-state index contributed by atoms with van der Waals surface area (Å²) in [5.74, 6) is -0.970. The van der Waals surface area contributed by atoms with Crippen molar-refractivity contribution in [3.05, 3.63) is 48.5 Å². The van der Waals surface area contributed by atoms with Gasteiger partial charge in [-0.05, 0) is 13.8 Å². The molecule has 2 N–H and O–H groups in total. The van der Waals surface area contributed by atoms with Crippen LogP contribution in [0, 0.1) is 6.92 Å². The first-order chi connectivity index (χ1) is 12.0. The maximum atomic E-state index is 12.3. The van der Waals surface area contributed by atoms with Crippen molar-refractivity contribution >= 4 is 21.7 Å². The van der Waals surface area contributed by atoms with Crippen LogP contribution in [0.2, 0.25) is 0 Å². The number of hydrazine groups is 1. The average Bonchev–Trinajstić information content (AvgIpc) is 2.53. The van der Waals surface area contributed by atoms with Crippen LogP contribution >= 0.6 is 0 Å². The Morgan fingerprint density at radius 2 is 1.85 bits per heavy atom. The van der Waals surface area contributed by atoms with Gasteiger partial charge in [-0.15, -0.1) is 9.93 Å². The zero-order valence-corrected chi connectivity index (χ0v) is 15.0. The molecule has 0 saturated heterocycles. The van der Waals surface area contributed by atoms with Gasteiger partial charge in [-0.3, -0.25) is 24.4 Å². The number of aryl methyl sites for hydroxylation is 2. The van der Waals surface area contributed by atoms with Crippen LogP contribution in [0.3, 0.4) is 0 Å². The summed E-state index contributed by atoms with van der Waals surface area (Å²) >= 11 is 0. The van der Waals surface area contributed by atoms with E-state index in [9.17, 15) is 27.6 Å². The van der Waals surface area contributed by atoms with E-state index in [1.165, 1.54) is 14.0 Å². The van der Waals surface area contributed by atoms with Crippen molar-refractivity contribution in [2.24, 2.45) is 14.1 Å². The van der Waals surface area contributed by atoms with E-state index >= 15 is 0 Å². The van der Waals surface area contributed by atoms with Crippen LogP contribution in [0.1, 0.15) is 23.0 Å². The molecule has 0 fully saturated rings. The molecule has 2 aromatic rings. The van der Waals surface area contributed by atoms with E-state index in [2.05, 4.69) is 10.5 Å². The number of rotatable bonds is 5. The van der Waals surface area contributed by atoms with Crippen molar-refractivity contribution < 1.29 is 17.6 Å². The first-order valence-corrected chi connectivity index (χ1v) is 8.52. The van der Waals surface area contributed by atoms with Crippen LogP contribution in [0.15, 0.2) is 29.9 Å². The third kappa shape index (κ3) is 3.48. The maximum Gasteiger partial charge on any atom is 0.346 e. The van der Waals surface area contributed by atoms with Gasteiger partial charge in [-0.2, -0.15) is 0 Å². The highest BCUT2D eigenvalue weighted by Crippen LogP contribution is 2.14. The summed E-state index contributed by atoms with van der Waals surface area (Å²) < 4.78 is 31.0. The van der Waals surface area contributed by atoms with Crippen molar-refractivity contribution in [3.8, 4) is 0 Å². The number of carbonyl (C=O) groups is 1. The number of aromatic nitrogens is 3. The molecule has 0 amide bonds. The fraction of sp³-hybridized carbons (Fsp3) is 0.308. The van der Waals surface area contributed by atoms with Gasteiger partial charge in [0.05, 0.1) is 0 Å². The van der Waals surface area contributed by atoms with E-state index in [0.29, 0.717) is 9.25 Å². The second kappa shape index (κ2) is 6.68. The van der Waals surface area contributed by atoms with Crippen molar-refractivity contribution in [2.75, 3.05) is 5.43 Å². The second-order valence-electron chi connectivity index (χ2n) is 5.29. The van der Waals surface area contributed by atoms with Gasteiger partial charge in [0, 0.05) is 20.2 Å². The largest absolute Gasteiger partial charge is 0.444 e. The van der Waals surface area contributed by atoms with Crippen molar-refractivity contribution in [2.45, 2.75) is 18.9 Å². The Hall–Kier alpha value is -3.06. The molecule has 140 valence electrons. The number of sulfonamides is 1. The van der Waals surface area contributed by atoms with Crippen LogP contribution in [0.25, 0.3) is 0 Å².